The summed E-state index contributed by atoms with van der Waals surface area (Å²) >= 11 is 0. The Morgan fingerprint density at radius 1 is 1.10 bits per heavy atom. The number of fused-ring (bicyclic) bond motifs is 1. The summed E-state index contributed by atoms with van der Waals surface area (Å²) in [5.41, 5.74) is 0.741. The maximum absolute atomic E-state index is 13.5. The third-order valence-corrected chi connectivity index (χ3v) is 5.58. The Hall–Kier alpha value is -3.49. The van der Waals surface area contributed by atoms with Crippen molar-refractivity contribution in [2.75, 3.05) is 26.7 Å². The number of benzene rings is 2. The standard InChI is InChI=1S/C22H21F2N3O4/c1-31-17-4-2-13(3-5-17)8-18-22(30)27-7-6-26(12-19(27)20(28)25-18)21(29)14-9-15(23)11-16(24)10-14/h2-5,9-11,18-19H,6-8,12H2,1H3,(H,25,28)/t18-,19+/m0/s1. The summed E-state index contributed by atoms with van der Waals surface area (Å²) in [6.45, 7) is 0.297. The first kappa shape index (κ1) is 20.8. The van der Waals surface area contributed by atoms with E-state index >= 15 is 0 Å². The Morgan fingerprint density at radius 2 is 1.77 bits per heavy atom. The fraction of sp³-hybridized carbons (Fsp3) is 0.318. The van der Waals surface area contributed by atoms with Crippen molar-refractivity contribution >= 4 is 17.7 Å². The van der Waals surface area contributed by atoms with Gasteiger partial charge in [-0.15, -0.1) is 0 Å². The molecule has 3 amide bonds. The van der Waals surface area contributed by atoms with Crippen LogP contribution in [0.1, 0.15) is 15.9 Å². The van der Waals surface area contributed by atoms with E-state index < -0.39 is 29.6 Å². The number of rotatable bonds is 4. The number of nitrogens with one attached hydrogen (secondary N) is 1. The van der Waals surface area contributed by atoms with Crippen LogP contribution in [0, 0.1) is 11.6 Å². The highest BCUT2D eigenvalue weighted by Gasteiger charge is 2.44. The van der Waals surface area contributed by atoms with Gasteiger partial charge in [-0.1, -0.05) is 12.1 Å². The van der Waals surface area contributed by atoms with Crippen molar-refractivity contribution in [3.63, 3.8) is 0 Å². The smallest absolute Gasteiger partial charge is 0.254 e. The molecule has 2 atom stereocenters. The van der Waals surface area contributed by atoms with E-state index in [1.807, 2.05) is 12.1 Å². The lowest BCUT2D eigenvalue weighted by molar-refractivity contribution is -0.152. The maximum atomic E-state index is 13.5. The Kier molecular flexibility index (Phi) is 5.58. The number of ether oxygens (including phenoxy) is 1. The van der Waals surface area contributed by atoms with Crippen molar-refractivity contribution in [1.29, 1.82) is 0 Å². The summed E-state index contributed by atoms with van der Waals surface area (Å²) in [7, 11) is 1.56. The molecule has 2 aliphatic heterocycles. The summed E-state index contributed by atoms with van der Waals surface area (Å²) in [6, 6.07) is 8.29. The third-order valence-electron chi connectivity index (χ3n) is 5.58. The predicted molar refractivity (Wildman–Crippen MR) is 106 cm³/mol. The number of carbonyl (C=O) groups is 3. The first-order valence-electron chi connectivity index (χ1n) is 9.85. The number of amides is 3. The van der Waals surface area contributed by atoms with Crippen molar-refractivity contribution in [1.82, 2.24) is 15.1 Å². The fourth-order valence-electron chi connectivity index (χ4n) is 3.98. The number of piperazine rings is 2. The highest BCUT2D eigenvalue weighted by molar-refractivity contribution is 5.99. The molecule has 2 aromatic rings. The molecule has 0 saturated carbocycles. The van der Waals surface area contributed by atoms with Gasteiger partial charge in [-0.3, -0.25) is 14.4 Å². The summed E-state index contributed by atoms with van der Waals surface area (Å²) in [4.78, 5) is 41.1. The molecular weight excluding hydrogens is 408 g/mol. The lowest BCUT2D eigenvalue weighted by Gasteiger charge is -2.45. The third kappa shape index (κ3) is 4.21. The van der Waals surface area contributed by atoms with E-state index in [0.29, 0.717) is 18.2 Å². The fourth-order valence-corrected chi connectivity index (χ4v) is 3.98. The van der Waals surface area contributed by atoms with Gasteiger partial charge in [0, 0.05) is 31.1 Å². The predicted octanol–water partition coefficient (Wildman–Crippen LogP) is 1.37. The molecule has 0 unspecified atom stereocenters. The van der Waals surface area contributed by atoms with E-state index in [9.17, 15) is 23.2 Å². The average molecular weight is 429 g/mol. The quantitative estimate of drug-likeness (QED) is 0.796. The molecule has 7 nitrogen and oxygen atoms in total. The van der Waals surface area contributed by atoms with Gasteiger partial charge in [-0.05, 0) is 29.8 Å². The van der Waals surface area contributed by atoms with Crippen LogP contribution in [0.15, 0.2) is 42.5 Å². The number of hydrogen-bond acceptors (Lipinski definition) is 4. The highest BCUT2D eigenvalue weighted by Crippen LogP contribution is 2.21. The molecule has 2 aliphatic rings. The van der Waals surface area contributed by atoms with Gasteiger partial charge in [0.05, 0.1) is 13.7 Å². The molecule has 2 fully saturated rings. The molecule has 162 valence electrons. The van der Waals surface area contributed by atoms with Crippen LogP contribution in [0.3, 0.4) is 0 Å². The molecule has 9 heteroatoms. The molecule has 0 aromatic heterocycles. The molecule has 31 heavy (non-hydrogen) atoms. The Labute approximate surface area is 177 Å². The largest absolute Gasteiger partial charge is 0.497 e. The highest BCUT2D eigenvalue weighted by atomic mass is 19.1. The van der Waals surface area contributed by atoms with Crippen LogP contribution in [0.5, 0.6) is 5.75 Å². The van der Waals surface area contributed by atoms with Crippen LogP contribution in [0.4, 0.5) is 8.78 Å². The van der Waals surface area contributed by atoms with Crippen LogP contribution >= 0.6 is 0 Å². The molecule has 4 rings (SSSR count). The van der Waals surface area contributed by atoms with Gasteiger partial charge in [0.1, 0.15) is 29.5 Å². The van der Waals surface area contributed by atoms with Crippen LogP contribution in [0.2, 0.25) is 0 Å². The zero-order valence-electron chi connectivity index (χ0n) is 16.8. The van der Waals surface area contributed by atoms with E-state index in [1.165, 1.54) is 9.80 Å². The van der Waals surface area contributed by atoms with Crippen molar-refractivity contribution in [2.24, 2.45) is 0 Å². The second-order valence-corrected chi connectivity index (χ2v) is 7.57. The second kappa shape index (κ2) is 8.33. The molecule has 0 spiro atoms. The summed E-state index contributed by atoms with van der Waals surface area (Å²) < 4.78 is 32.1. The number of halogens is 2. The van der Waals surface area contributed by atoms with Gasteiger partial charge in [-0.25, -0.2) is 8.78 Å². The summed E-state index contributed by atoms with van der Waals surface area (Å²) in [5, 5.41) is 2.74. The van der Waals surface area contributed by atoms with Crippen molar-refractivity contribution < 1.29 is 27.9 Å². The van der Waals surface area contributed by atoms with Gasteiger partial charge in [-0.2, -0.15) is 0 Å². The molecule has 0 radical (unpaired) electrons. The van der Waals surface area contributed by atoms with Gasteiger partial charge in [0.25, 0.3) is 5.91 Å². The molecule has 0 bridgehead atoms. The lowest BCUT2D eigenvalue weighted by Crippen LogP contribution is -2.70. The molecule has 0 aliphatic carbocycles. The van der Waals surface area contributed by atoms with E-state index in [0.717, 1.165) is 17.7 Å². The Bertz CT molecular complexity index is 1010. The first-order valence-corrected chi connectivity index (χ1v) is 9.85. The normalized spacial score (nSPS) is 20.9. The minimum atomic E-state index is -0.853. The lowest BCUT2D eigenvalue weighted by atomic mass is 9.98. The van der Waals surface area contributed by atoms with Gasteiger partial charge in [0.2, 0.25) is 11.8 Å². The molecule has 2 aromatic carbocycles. The minimum Gasteiger partial charge on any atom is -0.497 e. The van der Waals surface area contributed by atoms with Crippen molar-refractivity contribution in [3.05, 3.63) is 65.2 Å². The Balaban J connectivity index is 1.45. The van der Waals surface area contributed by atoms with Crippen LogP contribution in [-0.4, -0.2) is 66.3 Å². The van der Waals surface area contributed by atoms with Crippen LogP contribution < -0.4 is 10.1 Å². The number of carbonyl (C=O) groups excluding carboxylic acids is 3. The van der Waals surface area contributed by atoms with Crippen molar-refractivity contribution in [3.8, 4) is 5.75 Å². The zero-order valence-corrected chi connectivity index (χ0v) is 16.8. The second-order valence-electron chi connectivity index (χ2n) is 7.57. The minimum absolute atomic E-state index is 0.0379. The van der Waals surface area contributed by atoms with Crippen molar-refractivity contribution in [2.45, 2.75) is 18.5 Å². The molecular formula is C22H21F2N3O4. The van der Waals surface area contributed by atoms with E-state index in [2.05, 4.69) is 5.32 Å². The average Bonchev–Trinajstić information content (AvgIpc) is 2.76. The van der Waals surface area contributed by atoms with Gasteiger partial charge >= 0.3 is 0 Å². The van der Waals surface area contributed by atoms with E-state index in [-0.39, 0.29) is 37.0 Å². The van der Waals surface area contributed by atoms with Gasteiger partial charge < -0.3 is 19.9 Å². The molecule has 2 heterocycles. The van der Waals surface area contributed by atoms with E-state index in [4.69, 9.17) is 4.74 Å². The van der Waals surface area contributed by atoms with Crippen LogP contribution in [-0.2, 0) is 16.0 Å². The molecule has 2 saturated heterocycles. The first-order chi connectivity index (χ1) is 14.9. The zero-order chi connectivity index (χ0) is 22.1. The Morgan fingerprint density at radius 3 is 2.42 bits per heavy atom. The van der Waals surface area contributed by atoms with Crippen LogP contribution in [0.25, 0.3) is 0 Å². The van der Waals surface area contributed by atoms with E-state index in [1.54, 1.807) is 19.2 Å². The SMILES string of the molecule is COc1ccc(C[C@@H]2NC(=O)[C@H]3CN(C(=O)c4cc(F)cc(F)c4)CCN3C2=O)cc1. The topological polar surface area (TPSA) is 79.0 Å². The number of hydrogen-bond donors (Lipinski definition) is 1. The number of nitrogens with zero attached hydrogens (tertiary/aromatic N) is 2. The summed E-state index contributed by atoms with van der Waals surface area (Å²) in [5.74, 6) is -2.17. The monoisotopic (exact) mass is 429 g/mol. The van der Waals surface area contributed by atoms with Gasteiger partial charge in [0.15, 0.2) is 0 Å². The molecule has 1 N–H and O–H groups in total. The summed E-state index contributed by atoms with van der Waals surface area (Å²) in [6.07, 6.45) is 0.336. The number of methoxy groups -OCH3 is 1. The maximum Gasteiger partial charge on any atom is 0.254 e.